The number of ether oxygens (including phenoxy) is 3. The van der Waals surface area contributed by atoms with Gasteiger partial charge in [-0.2, -0.15) is 0 Å². The number of nitrogens with one attached hydrogen (secondary N) is 1. The van der Waals surface area contributed by atoms with Crippen LogP contribution in [0.4, 0.5) is 0 Å². The first-order chi connectivity index (χ1) is 9.88. The topological polar surface area (TPSA) is 39.7 Å². The van der Waals surface area contributed by atoms with Crippen molar-refractivity contribution >= 4 is 0 Å². The van der Waals surface area contributed by atoms with Crippen molar-refractivity contribution in [3.8, 4) is 5.75 Å². The lowest BCUT2D eigenvalue weighted by Crippen LogP contribution is -2.27. The van der Waals surface area contributed by atoms with Gasteiger partial charge >= 0.3 is 0 Å². The number of hydrogen-bond donors (Lipinski definition) is 1. The number of benzene rings is 1. The van der Waals surface area contributed by atoms with E-state index >= 15 is 0 Å². The fraction of sp³-hybridized carbons (Fsp3) is 0.625. The second-order valence-corrected chi connectivity index (χ2v) is 5.35. The summed E-state index contributed by atoms with van der Waals surface area (Å²) in [5, 5.41) is 3.60. The third kappa shape index (κ3) is 2.97. The van der Waals surface area contributed by atoms with Gasteiger partial charge in [0.25, 0.3) is 0 Å². The van der Waals surface area contributed by atoms with E-state index in [0.717, 1.165) is 38.2 Å². The van der Waals surface area contributed by atoms with Crippen LogP contribution in [0.1, 0.15) is 36.9 Å². The lowest BCUT2D eigenvalue weighted by Gasteiger charge is -2.23. The Morgan fingerprint density at radius 1 is 1.25 bits per heavy atom. The molecule has 0 aromatic heterocycles. The van der Waals surface area contributed by atoms with Gasteiger partial charge in [0.1, 0.15) is 5.75 Å². The fourth-order valence-electron chi connectivity index (χ4n) is 2.89. The van der Waals surface area contributed by atoms with Crippen LogP contribution >= 0.6 is 0 Å². The molecule has 1 saturated heterocycles. The lowest BCUT2D eigenvalue weighted by molar-refractivity contribution is -0.0531. The summed E-state index contributed by atoms with van der Waals surface area (Å²) < 4.78 is 17.0. The molecule has 1 atom stereocenters. The highest BCUT2D eigenvalue weighted by Gasteiger charge is 2.26. The van der Waals surface area contributed by atoms with Crippen molar-refractivity contribution in [2.75, 3.05) is 26.4 Å². The van der Waals surface area contributed by atoms with Crippen molar-refractivity contribution in [3.05, 3.63) is 29.3 Å². The van der Waals surface area contributed by atoms with E-state index in [9.17, 15) is 0 Å². The third-order valence-corrected chi connectivity index (χ3v) is 3.88. The van der Waals surface area contributed by atoms with Crippen molar-refractivity contribution < 1.29 is 14.2 Å². The van der Waals surface area contributed by atoms with Gasteiger partial charge in [0, 0.05) is 24.4 Å². The largest absolute Gasteiger partial charge is 0.493 e. The lowest BCUT2D eigenvalue weighted by atomic mass is 9.99. The number of para-hydroxylation sites is 1. The van der Waals surface area contributed by atoms with Crippen LogP contribution in [0.15, 0.2) is 18.2 Å². The average Bonchev–Trinajstić information content (AvgIpc) is 3.13. The molecule has 0 spiro atoms. The molecule has 1 aromatic carbocycles. The quantitative estimate of drug-likeness (QED) is 0.867. The van der Waals surface area contributed by atoms with E-state index in [4.69, 9.17) is 14.2 Å². The van der Waals surface area contributed by atoms with Crippen LogP contribution in [0.3, 0.4) is 0 Å². The van der Waals surface area contributed by atoms with Gasteiger partial charge in [-0.1, -0.05) is 25.1 Å². The number of hydrogen-bond acceptors (Lipinski definition) is 4. The number of fused-ring (bicyclic) bond motifs is 1. The SMILES string of the molecule is CCCNC(CC1OCCO1)c1cccc2c1OCC2. The Hall–Kier alpha value is -1.10. The Bertz CT molecular complexity index is 443. The summed E-state index contributed by atoms with van der Waals surface area (Å²) in [6, 6.07) is 6.67. The number of rotatable bonds is 6. The molecule has 4 heteroatoms. The minimum Gasteiger partial charge on any atom is -0.493 e. The van der Waals surface area contributed by atoms with Gasteiger partial charge < -0.3 is 19.5 Å². The van der Waals surface area contributed by atoms with Crippen molar-refractivity contribution in [1.29, 1.82) is 0 Å². The molecule has 20 heavy (non-hydrogen) atoms. The normalized spacial score (nSPS) is 19.9. The summed E-state index contributed by atoms with van der Waals surface area (Å²) in [5.74, 6) is 1.07. The maximum Gasteiger partial charge on any atom is 0.159 e. The van der Waals surface area contributed by atoms with Crippen molar-refractivity contribution in [2.24, 2.45) is 0 Å². The molecule has 0 aliphatic carbocycles. The molecule has 2 aliphatic rings. The fourth-order valence-corrected chi connectivity index (χ4v) is 2.89. The van der Waals surface area contributed by atoms with E-state index in [1.54, 1.807) is 0 Å². The molecule has 4 nitrogen and oxygen atoms in total. The van der Waals surface area contributed by atoms with Gasteiger partial charge in [0.2, 0.25) is 0 Å². The van der Waals surface area contributed by atoms with Crippen molar-refractivity contribution in [3.63, 3.8) is 0 Å². The first-order valence-electron chi connectivity index (χ1n) is 7.59. The average molecular weight is 277 g/mol. The van der Waals surface area contributed by atoms with Crippen LogP contribution in [0, 0.1) is 0 Å². The highest BCUT2D eigenvalue weighted by molar-refractivity contribution is 5.45. The monoisotopic (exact) mass is 277 g/mol. The summed E-state index contributed by atoms with van der Waals surface area (Å²) >= 11 is 0. The highest BCUT2D eigenvalue weighted by Crippen LogP contribution is 2.35. The Balaban J connectivity index is 1.78. The third-order valence-electron chi connectivity index (χ3n) is 3.88. The molecule has 1 aromatic rings. The molecule has 3 rings (SSSR count). The Labute approximate surface area is 120 Å². The van der Waals surface area contributed by atoms with Crippen molar-refractivity contribution in [1.82, 2.24) is 5.32 Å². The molecular formula is C16H23NO3. The molecule has 0 radical (unpaired) electrons. The summed E-state index contributed by atoms with van der Waals surface area (Å²) in [5.41, 5.74) is 2.56. The summed E-state index contributed by atoms with van der Waals surface area (Å²) in [4.78, 5) is 0. The van der Waals surface area contributed by atoms with Gasteiger partial charge in [-0.3, -0.25) is 0 Å². The zero-order valence-corrected chi connectivity index (χ0v) is 12.1. The maximum absolute atomic E-state index is 5.83. The van der Waals surface area contributed by atoms with Gasteiger partial charge in [0.05, 0.1) is 19.8 Å². The Morgan fingerprint density at radius 2 is 2.10 bits per heavy atom. The van der Waals surface area contributed by atoms with Gasteiger partial charge in [-0.15, -0.1) is 0 Å². The predicted octanol–water partition coefficient (Wildman–Crippen LogP) is 2.43. The van der Waals surface area contributed by atoms with Gasteiger partial charge in [-0.05, 0) is 18.5 Å². The summed E-state index contributed by atoms with van der Waals surface area (Å²) in [6.45, 7) is 5.37. The molecule has 1 fully saturated rings. The van der Waals surface area contributed by atoms with E-state index in [1.807, 2.05) is 0 Å². The zero-order valence-electron chi connectivity index (χ0n) is 12.1. The minimum absolute atomic E-state index is 0.0957. The molecule has 2 aliphatic heterocycles. The second kappa shape index (κ2) is 6.57. The second-order valence-electron chi connectivity index (χ2n) is 5.35. The van der Waals surface area contributed by atoms with E-state index in [2.05, 4.69) is 30.4 Å². The van der Waals surface area contributed by atoms with Crippen LogP contribution in [0.5, 0.6) is 5.75 Å². The maximum atomic E-state index is 5.83. The van der Waals surface area contributed by atoms with E-state index < -0.39 is 0 Å². The van der Waals surface area contributed by atoms with Crippen LogP contribution in [0.2, 0.25) is 0 Å². The first kappa shape index (κ1) is 13.9. The molecule has 1 unspecified atom stereocenters. The van der Waals surface area contributed by atoms with E-state index in [0.29, 0.717) is 13.2 Å². The van der Waals surface area contributed by atoms with Gasteiger partial charge in [0.15, 0.2) is 6.29 Å². The van der Waals surface area contributed by atoms with Crippen molar-refractivity contribution in [2.45, 2.75) is 38.5 Å². The van der Waals surface area contributed by atoms with Crippen LogP contribution in [-0.4, -0.2) is 32.7 Å². The standard InChI is InChI=1S/C16H23NO3/c1-2-7-17-14(11-15-18-9-10-19-15)13-5-3-4-12-6-8-20-16(12)13/h3-5,14-15,17H,2,6-11H2,1H3. The zero-order chi connectivity index (χ0) is 13.8. The molecule has 110 valence electrons. The van der Waals surface area contributed by atoms with E-state index in [-0.39, 0.29) is 12.3 Å². The molecule has 2 heterocycles. The molecule has 0 bridgehead atoms. The van der Waals surface area contributed by atoms with Gasteiger partial charge in [-0.25, -0.2) is 0 Å². The molecule has 1 N–H and O–H groups in total. The van der Waals surface area contributed by atoms with Crippen LogP contribution < -0.4 is 10.1 Å². The predicted molar refractivity (Wildman–Crippen MR) is 77.0 cm³/mol. The highest BCUT2D eigenvalue weighted by atomic mass is 16.7. The van der Waals surface area contributed by atoms with Crippen LogP contribution in [0.25, 0.3) is 0 Å². The summed E-state index contributed by atoms with van der Waals surface area (Å²) in [6.07, 6.45) is 2.86. The molecule has 0 saturated carbocycles. The minimum atomic E-state index is -0.0957. The van der Waals surface area contributed by atoms with Crippen LogP contribution in [-0.2, 0) is 15.9 Å². The summed E-state index contributed by atoms with van der Waals surface area (Å²) in [7, 11) is 0. The Morgan fingerprint density at radius 3 is 2.90 bits per heavy atom. The Kier molecular flexibility index (Phi) is 4.55. The molecule has 0 amide bonds. The smallest absolute Gasteiger partial charge is 0.159 e. The first-order valence-corrected chi connectivity index (χ1v) is 7.59. The van der Waals surface area contributed by atoms with E-state index in [1.165, 1.54) is 11.1 Å². The molecular weight excluding hydrogens is 254 g/mol.